The number of halogens is 2. The molecule has 112 valence electrons. The van der Waals surface area contributed by atoms with Crippen LogP contribution >= 0.6 is 27.5 Å². The van der Waals surface area contributed by atoms with Gasteiger partial charge in [-0.05, 0) is 71.1 Å². The molecular formula is C17H25BrClN. The van der Waals surface area contributed by atoms with Crippen LogP contribution in [0.5, 0.6) is 0 Å². The lowest BCUT2D eigenvalue weighted by molar-refractivity contribution is 0.214. The second kappa shape index (κ2) is 6.70. The van der Waals surface area contributed by atoms with E-state index in [9.17, 15) is 0 Å². The van der Waals surface area contributed by atoms with Gasteiger partial charge in [0.05, 0.1) is 0 Å². The minimum Gasteiger partial charge on any atom is -0.381 e. The molecule has 1 saturated carbocycles. The predicted octanol–water partition coefficient (Wildman–Crippen LogP) is 6.51. The Morgan fingerprint density at radius 3 is 2.55 bits per heavy atom. The van der Waals surface area contributed by atoms with Crippen LogP contribution in [0.3, 0.4) is 0 Å². The molecule has 1 aromatic carbocycles. The highest BCUT2D eigenvalue weighted by Crippen LogP contribution is 2.38. The van der Waals surface area contributed by atoms with Gasteiger partial charge in [0.15, 0.2) is 0 Å². The second-order valence-corrected chi connectivity index (χ2v) is 8.33. The molecule has 0 spiro atoms. The third kappa shape index (κ3) is 4.39. The van der Waals surface area contributed by atoms with Gasteiger partial charge in [-0.1, -0.05) is 38.8 Å². The molecule has 1 nitrogen and oxygen atoms in total. The van der Waals surface area contributed by atoms with Crippen LogP contribution in [0, 0.1) is 11.3 Å². The van der Waals surface area contributed by atoms with Crippen LogP contribution in [-0.4, -0.2) is 6.04 Å². The largest absolute Gasteiger partial charge is 0.381 e. The molecule has 0 aliphatic heterocycles. The molecule has 0 saturated heterocycles. The van der Waals surface area contributed by atoms with Gasteiger partial charge in [-0.15, -0.1) is 0 Å². The summed E-state index contributed by atoms with van der Waals surface area (Å²) in [6, 6.07) is 6.56. The fraction of sp³-hybridized carbons (Fsp3) is 0.647. The fourth-order valence-electron chi connectivity index (χ4n) is 3.14. The number of benzene rings is 1. The lowest BCUT2D eigenvalue weighted by atomic mass is 9.76. The Morgan fingerprint density at radius 1 is 1.15 bits per heavy atom. The summed E-state index contributed by atoms with van der Waals surface area (Å²) in [7, 11) is 0. The van der Waals surface area contributed by atoms with Crippen molar-refractivity contribution in [3.8, 4) is 0 Å². The molecule has 1 aliphatic carbocycles. The number of rotatable bonds is 2. The summed E-state index contributed by atoms with van der Waals surface area (Å²) in [5, 5.41) is 4.46. The third-order valence-corrected chi connectivity index (χ3v) is 5.38. The molecule has 3 heteroatoms. The van der Waals surface area contributed by atoms with E-state index in [2.05, 4.69) is 48.1 Å². The maximum atomic E-state index is 6.00. The van der Waals surface area contributed by atoms with Crippen LogP contribution in [-0.2, 0) is 0 Å². The van der Waals surface area contributed by atoms with Gasteiger partial charge >= 0.3 is 0 Å². The second-order valence-electron chi connectivity index (χ2n) is 7.04. The molecule has 20 heavy (non-hydrogen) atoms. The molecule has 1 fully saturated rings. The van der Waals surface area contributed by atoms with Crippen molar-refractivity contribution in [3.05, 3.63) is 27.7 Å². The van der Waals surface area contributed by atoms with Crippen molar-refractivity contribution in [2.75, 3.05) is 5.32 Å². The summed E-state index contributed by atoms with van der Waals surface area (Å²) in [6.07, 6.45) is 6.54. The molecule has 2 unspecified atom stereocenters. The Labute approximate surface area is 136 Å². The highest BCUT2D eigenvalue weighted by molar-refractivity contribution is 9.10. The zero-order valence-electron chi connectivity index (χ0n) is 12.7. The van der Waals surface area contributed by atoms with E-state index in [1.165, 1.54) is 32.1 Å². The summed E-state index contributed by atoms with van der Waals surface area (Å²) in [6.45, 7) is 7.13. The minimum absolute atomic E-state index is 0.440. The number of nitrogens with one attached hydrogen (secondary N) is 1. The maximum absolute atomic E-state index is 6.00. The topological polar surface area (TPSA) is 12.0 Å². The zero-order valence-corrected chi connectivity index (χ0v) is 15.0. The van der Waals surface area contributed by atoms with E-state index in [4.69, 9.17) is 11.6 Å². The molecular weight excluding hydrogens is 334 g/mol. The molecule has 2 atom stereocenters. The summed E-state index contributed by atoms with van der Waals surface area (Å²) in [5.41, 5.74) is 1.60. The monoisotopic (exact) mass is 357 g/mol. The van der Waals surface area contributed by atoms with Gasteiger partial charge in [0, 0.05) is 21.2 Å². The van der Waals surface area contributed by atoms with Crippen LogP contribution in [0.4, 0.5) is 5.69 Å². The van der Waals surface area contributed by atoms with Gasteiger partial charge in [0.2, 0.25) is 0 Å². The standard InChI is InChI=1S/C17H25BrClN/c1-17(2,3)12-5-4-6-14(9-7-12)20-16-10-8-13(19)11-15(16)18/h8,10-12,14,20H,4-7,9H2,1-3H3. The first kappa shape index (κ1) is 16.2. The van der Waals surface area contributed by atoms with Crippen LogP contribution in [0.1, 0.15) is 52.9 Å². The van der Waals surface area contributed by atoms with E-state index in [-0.39, 0.29) is 0 Å². The van der Waals surface area contributed by atoms with Gasteiger partial charge < -0.3 is 5.32 Å². The Balaban J connectivity index is 1.97. The fourth-order valence-corrected chi connectivity index (χ4v) is 3.94. The lowest BCUT2D eigenvalue weighted by Crippen LogP contribution is -2.21. The van der Waals surface area contributed by atoms with Gasteiger partial charge in [-0.3, -0.25) is 0 Å². The van der Waals surface area contributed by atoms with Gasteiger partial charge in [0.25, 0.3) is 0 Å². The normalized spacial score (nSPS) is 24.2. The average Bonchev–Trinajstić information content (AvgIpc) is 2.58. The highest BCUT2D eigenvalue weighted by Gasteiger charge is 2.27. The van der Waals surface area contributed by atoms with Crippen molar-refractivity contribution in [1.29, 1.82) is 0 Å². The lowest BCUT2D eigenvalue weighted by Gasteiger charge is -2.29. The molecule has 0 aromatic heterocycles. The number of hydrogen-bond donors (Lipinski definition) is 1. The van der Waals surface area contributed by atoms with Crippen LogP contribution in [0.25, 0.3) is 0 Å². The van der Waals surface area contributed by atoms with E-state index < -0.39 is 0 Å². The maximum Gasteiger partial charge on any atom is 0.0487 e. The Morgan fingerprint density at radius 2 is 1.90 bits per heavy atom. The van der Waals surface area contributed by atoms with Crippen molar-refractivity contribution < 1.29 is 0 Å². The van der Waals surface area contributed by atoms with Crippen LogP contribution in [0.15, 0.2) is 22.7 Å². The smallest absolute Gasteiger partial charge is 0.0487 e. The predicted molar refractivity (Wildman–Crippen MR) is 92.6 cm³/mol. The summed E-state index contributed by atoms with van der Waals surface area (Å²) in [5.74, 6) is 0.850. The summed E-state index contributed by atoms with van der Waals surface area (Å²) < 4.78 is 1.06. The van der Waals surface area contributed by atoms with Crippen molar-refractivity contribution in [2.45, 2.75) is 58.9 Å². The van der Waals surface area contributed by atoms with Crippen molar-refractivity contribution >= 4 is 33.2 Å². The Hall–Kier alpha value is -0.210. The molecule has 0 radical (unpaired) electrons. The molecule has 0 bridgehead atoms. The third-order valence-electron chi connectivity index (χ3n) is 4.48. The van der Waals surface area contributed by atoms with Crippen LogP contribution in [0.2, 0.25) is 5.02 Å². The van der Waals surface area contributed by atoms with Crippen LogP contribution < -0.4 is 5.32 Å². The molecule has 1 aromatic rings. The van der Waals surface area contributed by atoms with E-state index in [1.807, 2.05) is 12.1 Å². The quantitative estimate of drug-likeness (QED) is 0.594. The number of hydrogen-bond acceptors (Lipinski definition) is 1. The number of anilines is 1. The van der Waals surface area contributed by atoms with Gasteiger partial charge in [-0.25, -0.2) is 0 Å². The molecule has 0 heterocycles. The molecule has 1 aliphatic rings. The van der Waals surface area contributed by atoms with E-state index in [1.54, 1.807) is 0 Å². The minimum atomic E-state index is 0.440. The van der Waals surface area contributed by atoms with Crippen molar-refractivity contribution in [2.24, 2.45) is 11.3 Å². The summed E-state index contributed by atoms with van der Waals surface area (Å²) >= 11 is 9.59. The first-order valence-electron chi connectivity index (χ1n) is 7.58. The van der Waals surface area contributed by atoms with Crippen molar-refractivity contribution in [3.63, 3.8) is 0 Å². The summed E-state index contributed by atoms with van der Waals surface area (Å²) in [4.78, 5) is 0. The SMILES string of the molecule is CC(C)(C)C1CCCC(Nc2ccc(Cl)cc2Br)CC1. The van der Waals surface area contributed by atoms with Gasteiger partial charge in [-0.2, -0.15) is 0 Å². The molecule has 0 amide bonds. The van der Waals surface area contributed by atoms with E-state index in [0.29, 0.717) is 11.5 Å². The van der Waals surface area contributed by atoms with Crippen molar-refractivity contribution in [1.82, 2.24) is 0 Å². The Kier molecular flexibility index (Phi) is 5.42. The highest BCUT2D eigenvalue weighted by atomic mass is 79.9. The Bertz CT molecular complexity index is 453. The van der Waals surface area contributed by atoms with E-state index in [0.717, 1.165) is 21.1 Å². The average molecular weight is 359 g/mol. The first-order chi connectivity index (χ1) is 9.36. The van der Waals surface area contributed by atoms with Gasteiger partial charge in [0.1, 0.15) is 0 Å². The zero-order chi connectivity index (χ0) is 14.8. The molecule has 1 N–H and O–H groups in total. The first-order valence-corrected chi connectivity index (χ1v) is 8.75. The van der Waals surface area contributed by atoms with E-state index >= 15 is 0 Å². The molecule has 2 rings (SSSR count).